The molecule has 0 bridgehead atoms. The fourth-order valence-corrected chi connectivity index (χ4v) is 4.14. The van der Waals surface area contributed by atoms with Gasteiger partial charge in [-0.2, -0.15) is 0 Å². The van der Waals surface area contributed by atoms with Crippen molar-refractivity contribution in [2.24, 2.45) is 23.0 Å². The first-order valence-corrected chi connectivity index (χ1v) is 7.17. The van der Waals surface area contributed by atoms with Crippen LogP contribution in [0, 0.1) is 17.3 Å². The Morgan fingerprint density at radius 1 is 1.33 bits per heavy atom. The molecule has 1 heterocycles. The van der Waals surface area contributed by atoms with Crippen molar-refractivity contribution in [1.29, 1.82) is 0 Å². The van der Waals surface area contributed by atoms with Crippen LogP contribution in [0.2, 0.25) is 0 Å². The fourth-order valence-electron chi connectivity index (χ4n) is 4.14. The normalized spacial score (nSPS) is 45.4. The zero-order valence-corrected chi connectivity index (χ0v) is 11.3. The first-order chi connectivity index (χ1) is 8.50. The van der Waals surface area contributed by atoms with Gasteiger partial charge >= 0.3 is 0 Å². The molecule has 0 aromatic rings. The Morgan fingerprint density at radius 3 is 2.78 bits per heavy atom. The van der Waals surface area contributed by atoms with Gasteiger partial charge in [0.2, 0.25) is 5.91 Å². The molecule has 1 amide bonds. The van der Waals surface area contributed by atoms with Crippen molar-refractivity contribution >= 4 is 5.91 Å². The number of hydrogen-bond acceptors (Lipinski definition) is 3. The van der Waals surface area contributed by atoms with Gasteiger partial charge in [-0.1, -0.05) is 13.8 Å². The van der Waals surface area contributed by atoms with Crippen LogP contribution in [0.1, 0.15) is 39.5 Å². The van der Waals surface area contributed by atoms with E-state index in [1.165, 1.54) is 0 Å². The van der Waals surface area contributed by atoms with Crippen LogP contribution in [0.5, 0.6) is 0 Å². The monoisotopic (exact) mass is 252 g/mol. The van der Waals surface area contributed by atoms with Gasteiger partial charge < -0.3 is 15.8 Å². The van der Waals surface area contributed by atoms with Gasteiger partial charge in [0.25, 0.3) is 0 Å². The molecule has 3 aliphatic rings. The summed E-state index contributed by atoms with van der Waals surface area (Å²) in [6.45, 7) is 5.25. The van der Waals surface area contributed by atoms with E-state index in [-0.39, 0.29) is 29.3 Å². The van der Waals surface area contributed by atoms with Crippen LogP contribution in [0.25, 0.3) is 0 Å². The number of rotatable bonds is 2. The summed E-state index contributed by atoms with van der Waals surface area (Å²) in [5.74, 6) is 0.877. The SMILES string of the molecule is CC1(C)C(NC(=O)C2CCC(N)C2)C2CCOC21. The molecule has 18 heavy (non-hydrogen) atoms. The molecule has 3 N–H and O–H groups in total. The maximum absolute atomic E-state index is 12.3. The molecule has 1 saturated heterocycles. The van der Waals surface area contributed by atoms with E-state index in [2.05, 4.69) is 19.2 Å². The molecule has 102 valence electrons. The molecule has 3 rings (SSSR count). The lowest BCUT2D eigenvalue weighted by Gasteiger charge is -2.54. The first kappa shape index (κ1) is 12.4. The van der Waals surface area contributed by atoms with Crippen LogP contribution in [0.3, 0.4) is 0 Å². The summed E-state index contributed by atoms with van der Waals surface area (Å²) in [4.78, 5) is 12.3. The van der Waals surface area contributed by atoms with E-state index in [4.69, 9.17) is 10.5 Å². The Hall–Kier alpha value is -0.610. The van der Waals surface area contributed by atoms with Crippen LogP contribution >= 0.6 is 0 Å². The van der Waals surface area contributed by atoms with Crippen molar-refractivity contribution in [3.63, 3.8) is 0 Å². The van der Waals surface area contributed by atoms with E-state index in [1.54, 1.807) is 0 Å². The number of nitrogens with one attached hydrogen (secondary N) is 1. The van der Waals surface area contributed by atoms with E-state index in [1.807, 2.05) is 0 Å². The Morgan fingerprint density at radius 2 is 2.11 bits per heavy atom. The quantitative estimate of drug-likeness (QED) is 0.772. The van der Waals surface area contributed by atoms with E-state index in [0.717, 1.165) is 32.3 Å². The third-order valence-electron chi connectivity index (χ3n) is 5.24. The number of ether oxygens (including phenoxy) is 1. The molecule has 5 unspecified atom stereocenters. The minimum atomic E-state index is 0.0809. The standard InChI is InChI=1S/C14H24N2O2/c1-14(2)11(10-5-6-18-12(10)14)16-13(17)8-3-4-9(15)7-8/h8-12H,3-7,15H2,1-2H3,(H,16,17). The second-order valence-electron chi connectivity index (χ2n) is 6.82. The highest BCUT2D eigenvalue weighted by molar-refractivity contribution is 5.79. The number of fused-ring (bicyclic) bond motifs is 1. The van der Waals surface area contributed by atoms with Gasteiger partial charge in [0.1, 0.15) is 0 Å². The minimum absolute atomic E-state index is 0.0809. The maximum atomic E-state index is 12.3. The number of hydrogen-bond donors (Lipinski definition) is 2. The molecule has 4 nitrogen and oxygen atoms in total. The van der Waals surface area contributed by atoms with Crippen molar-refractivity contribution < 1.29 is 9.53 Å². The highest BCUT2D eigenvalue weighted by Gasteiger charge is 2.60. The van der Waals surface area contributed by atoms with E-state index in [9.17, 15) is 4.79 Å². The van der Waals surface area contributed by atoms with E-state index in [0.29, 0.717) is 12.0 Å². The lowest BCUT2D eigenvalue weighted by atomic mass is 9.57. The average Bonchev–Trinajstić information content (AvgIpc) is 2.92. The molecule has 5 atom stereocenters. The highest BCUT2D eigenvalue weighted by Crippen LogP contribution is 2.52. The van der Waals surface area contributed by atoms with Gasteiger partial charge in [-0.3, -0.25) is 4.79 Å². The minimum Gasteiger partial charge on any atom is -0.377 e. The van der Waals surface area contributed by atoms with Crippen LogP contribution in [0.4, 0.5) is 0 Å². The fraction of sp³-hybridized carbons (Fsp3) is 0.929. The first-order valence-electron chi connectivity index (χ1n) is 7.17. The van der Waals surface area contributed by atoms with Crippen LogP contribution in [0.15, 0.2) is 0 Å². The second-order valence-corrected chi connectivity index (χ2v) is 6.82. The summed E-state index contributed by atoms with van der Waals surface area (Å²) < 4.78 is 5.75. The zero-order valence-electron chi connectivity index (χ0n) is 11.3. The summed E-state index contributed by atoms with van der Waals surface area (Å²) in [6.07, 6.45) is 4.22. The molecular formula is C14H24N2O2. The topological polar surface area (TPSA) is 64.4 Å². The molecule has 0 aromatic carbocycles. The van der Waals surface area contributed by atoms with Gasteiger partial charge in [-0.25, -0.2) is 0 Å². The molecule has 4 heteroatoms. The van der Waals surface area contributed by atoms with Crippen LogP contribution < -0.4 is 11.1 Å². The predicted molar refractivity (Wildman–Crippen MR) is 68.9 cm³/mol. The Labute approximate surface area is 109 Å². The van der Waals surface area contributed by atoms with Gasteiger partial charge in [0, 0.05) is 35.9 Å². The van der Waals surface area contributed by atoms with Gasteiger partial charge in [-0.15, -0.1) is 0 Å². The molecule has 1 aliphatic heterocycles. The van der Waals surface area contributed by atoms with Gasteiger partial charge in [0.15, 0.2) is 0 Å². The Bertz CT molecular complexity index is 356. The molecule has 0 radical (unpaired) electrons. The van der Waals surface area contributed by atoms with Gasteiger partial charge in [-0.05, 0) is 25.7 Å². The van der Waals surface area contributed by atoms with Crippen LogP contribution in [-0.4, -0.2) is 30.7 Å². The average molecular weight is 252 g/mol. The summed E-state index contributed by atoms with van der Waals surface area (Å²) in [7, 11) is 0. The third-order valence-corrected chi connectivity index (χ3v) is 5.24. The number of amides is 1. The van der Waals surface area contributed by atoms with Crippen molar-refractivity contribution in [3.8, 4) is 0 Å². The van der Waals surface area contributed by atoms with Crippen molar-refractivity contribution in [1.82, 2.24) is 5.32 Å². The summed E-state index contributed by atoms with van der Waals surface area (Å²) in [5, 5.41) is 3.27. The molecular weight excluding hydrogens is 228 g/mol. The van der Waals surface area contributed by atoms with E-state index >= 15 is 0 Å². The summed E-state index contributed by atoms with van der Waals surface area (Å²) >= 11 is 0. The van der Waals surface area contributed by atoms with E-state index < -0.39 is 0 Å². The van der Waals surface area contributed by atoms with Crippen molar-refractivity contribution in [2.45, 2.75) is 57.7 Å². The third kappa shape index (κ3) is 1.77. The molecule has 2 saturated carbocycles. The molecule has 0 aromatic heterocycles. The molecule has 3 fully saturated rings. The van der Waals surface area contributed by atoms with Crippen LogP contribution in [-0.2, 0) is 9.53 Å². The molecule has 2 aliphatic carbocycles. The second kappa shape index (κ2) is 4.20. The summed E-state index contributed by atoms with van der Waals surface area (Å²) in [6, 6.07) is 0.507. The lowest BCUT2D eigenvalue weighted by molar-refractivity contribution is -0.140. The summed E-state index contributed by atoms with van der Waals surface area (Å²) in [5.41, 5.74) is 5.96. The number of nitrogens with two attached hydrogens (primary N) is 1. The smallest absolute Gasteiger partial charge is 0.223 e. The van der Waals surface area contributed by atoms with Gasteiger partial charge in [0.05, 0.1) is 6.10 Å². The lowest BCUT2D eigenvalue weighted by Crippen LogP contribution is -2.67. The maximum Gasteiger partial charge on any atom is 0.223 e. The largest absolute Gasteiger partial charge is 0.377 e. The number of carbonyl (C=O) groups excluding carboxylic acids is 1. The predicted octanol–water partition coefficient (Wildman–Crippen LogP) is 1.04. The Balaban J connectivity index is 1.61. The number of carbonyl (C=O) groups is 1. The Kier molecular flexibility index (Phi) is 2.90. The van der Waals surface area contributed by atoms with Crippen molar-refractivity contribution in [3.05, 3.63) is 0 Å². The molecule has 0 spiro atoms. The zero-order chi connectivity index (χ0) is 12.9. The van der Waals surface area contributed by atoms with Crippen molar-refractivity contribution in [2.75, 3.05) is 6.61 Å². The highest BCUT2D eigenvalue weighted by atomic mass is 16.5.